The Labute approximate surface area is 186 Å². The van der Waals surface area contributed by atoms with Crippen LogP contribution >= 0.6 is 0 Å². The minimum atomic E-state index is -0.181. The van der Waals surface area contributed by atoms with E-state index in [1.54, 1.807) is 38.7 Å². The lowest BCUT2D eigenvalue weighted by atomic mass is 10.1. The zero-order valence-corrected chi connectivity index (χ0v) is 17.9. The molecule has 164 valence electrons. The van der Waals surface area contributed by atoms with Gasteiger partial charge in [0.05, 0.1) is 33.1 Å². The molecule has 3 aromatic rings. The second kappa shape index (κ2) is 9.93. The molecule has 4 rings (SSSR count). The molecule has 0 saturated heterocycles. The van der Waals surface area contributed by atoms with Crippen LogP contribution in [0.4, 0.5) is 5.69 Å². The molecule has 1 N–H and O–H groups in total. The van der Waals surface area contributed by atoms with Crippen LogP contribution < -0.4 is 14.8 Å². The van der Waals surface area contributed by atoms with Crippen LogP contribution in [0.15, 0.2) is 72.1 Å². The number of methoxy groups -OCH3 is 2. The predicted molar refractivity (Wildman–Crippen MR) is 121 cm³/mol. The molecule has 0 unspecified atom stereocenters. The molecule has 2 heterocycles. The van der Waals surface area contributed by atoms with E-state index in [2.05, 4.69) is 10.3 Å². The topological polar surface area (TPSA) is 85.3 Å². The van der Waals surface area contributed by atoms with E-state index in [1.165, 1.54) is 0 Å². The summed E-state index contributed by atoms with van der Waals surface area (Å²) in [5.74, 6) is 1.12. The molecule has 0 fully saturated rings. The number of hydrazone groups is 1. The molecule has 1 amide bonds. The average Bonchev–Trinajstić information content (AvgIpc) is 2.84. The monoisotopic (exact) mass is 432 g/mol. The van der Waals surface area contributed by atoms with Crippen molar-refractivity contribution < 1.29 is 19.0 Å². The van der Waals surface area contributed by atoms with Crippen LogP contribution in [0.2, 0.25) is 0 Å². The number of hydrogen-bond acceptors (Lipinski definition) is 7. The molecule has 1 aliphatic heterocycles. The molecule has 1 aliphatic rings. The minimum Gasteiger partial charge on any atom is -0.493 e. The van der Waals surface area contributed by atoms with Gasteiger partial charge in [-0.25, -0.2) is 0 Å². The Morgan fingerprint density at radius 3 is 2.66 bits per heavy atom. The SMILES string of the molecule is COc1ccc(C2=NN(Cc3cccc(NC(=O)c4ccncc4)c3)COC2)cc1OC. The van der Waals surface area contributed by atoms with E-state index in [1.807, 2.05) is 47.5 Å². The summed E-state index contributed by atoms with van der Waals surface area (Å²) in [5.41, 5.74) is 3.98. The molecule has 0 saturated carbocycles. The number of aromatic nitrogens is 1. The number of anilines is 1. The van der Waals surface area contributed by atoms with Gasteiger partial charge in [-0.15, -0.1) is 0 Å². The van der Waals surface area contributed by atoms with Crippen molar-refractivity contribution in [1.29, 1.82) is 0 Å². The van der Waals surface area contributed by atoms with Crippen molar-refractivity contribution in [2.45, 2.75) is 6.54 Å². The number of nitrogens with one attached hydrogen (secondary N) is 1. The zero-order chi connectivity index (χ0) is 22.3. The maximum absolute atomic E-state index is 12.4. The molecular formula is C24H24N4O4. The fraction of sp³-hybridized carbons (Fsp3) is 0.208. The van der Waals surface area contributed by atoms with Gasteiger partial charge in [0.15, 0.2) is 11.5 Å². The summed E-state index contributed by atoms with van der Waals surface area (Å²) in [6.45, 7) is 1.33. The van der Waals surface area contributed by atoms with Gasteiger partial charge >= 0.3 is 0 Å². The quantitative estimate of drug-likeness (QED) is 0.615. The highest BCUT2D eigenvalue weighted by atomic mass is 16.5. The second-order valence-electron chi connectivity index (χ2n) is 7.15. The van der Waals surface area contributed by atoms with E-state index in [-0.39, 0.29) is 5.91 Å². The summed E-state index contributed by atoms with van der Waals surface area (Å²) < 4.78 is 16.5. The van der Waals surface area contributed by atoms with Gasteiger partial charge in [0.1, 0.15) is 6.73 Å². The minimum absolute atomic E-state index is 0.181. The van der Waals surface area contributed by atoms with E-state index < -0.39 is 0 Å². The molecular weight excluding hydrogens is 408 g/mol. The van der Waals surface area contributed by atoms with E-state index in [9.17, 15) is 4.79 Å². The van der Waals surface area contributed by atoms with Crippen LogP contribution in [0.5, 0.6) is 11.5 Å². The molecule has 2 aromatic carbocycles. The van der Waals surface area contributed by atoms with Gasteiger partial charge in [-0.1, -0.05) is 12.1 Å². The van der Waals surface area contributed by atoms with Gasteiger partial charge in [-0.2, -0.15) is 5.10 Å². The van der Waals surface area contributed by atoms with Crippen molar-refractivity contribution in [1.82, 2.24) is 9.99 Å². The lowest BCUT2D eigenvalue weighted by molar-refractivity contribution is 0.0296. The van der Waals surface area contributed by atoms with E-state index in [0.29, 0.717) is 42.6 Å². The average molecular weight is 432 g/mol. The Balaban J connectivity index is 1.47. The number of hydrogen-bond donors (Lipinski definition) is 1. The van der Waals surface area contributed by atoms with Crippen molar-refractivity contribution >= 4 is 17.3 Å². The Bertz CT molecular complexity index is 1120. The Morgan fingerprint density at radius 2 is 1.88 bits per heavy atom. The summed E-state index contributed by atoms with van der Waals surface area (Å²) in [5, 5.41) is 9.51. The van der Waals surface area contributed by atoms with Gasteiger partial charge in [0.25, 0.3) is 5.91 Å². The smallest absolute Gasteiger partial charge is 0.255 e. The third kappa shape index (κ3) is 5.04. The molecule has 32 heavy (non-hydrogen) atoms. The first-order valence-electron chi connectivity index (χ1n) is 10.1. The third-order valence-electron chi connectivity index (χ3n) is 4.95. The lowest BCUT2D eigenvalue weighted by Gasteiger charge is -2.26. The second-order valence-corrected chi connectivity index (χ2v) is 7.15. The Kier molecular flexibility index (Phi) is 6.62. The van der Waals surface area contributed by atoms with Crippen molar-refractivity contribution in [2.24, 2.45) is 5.10 Å². The molecule has 0 radical (unpaired) electrons. The molecule has 8 heteroatoms. The lowest BCUT2D eigenvalue weighted by Crippen LogP contribution is -2.30. The summed E-state index contributed by atoms with van der Waals surface area (Å²) in [6, 6.07) is 16.7. The van der Waals surface area contributed by atoms with Gasteiger partial charge < -0.3 is 19.5 Å². The molecule has 0 atom stereocenters. The van der Waals surface area contributed by atoms with E-state index >= 15 is 0 Å². The predicted octanol–water partition coefficient (Wildman–Crippen LogP) is 3.55. The largest absolute Gasteiger partial charge is 0.493 e. The van der Waals surface area contributed by atoms with Crippen molar-refractivity contribution in [2.75, 3.05) is 32.9 Å². The number of benzene rings is 2. The van der Waals surface area contributed by atoms with Crippen LogP contribution in [-0.4, -0.2) is 49.2 Å². The summed E-state index contributed by atoms with van der Waals surface area (Å²) in [4.78, 5) is 16.3. The highest BCUT2D eigenvalue weighted by Gasteiger charge is 2.17. The molecule has 0 aliphatic carbocycles. The van der Waals surface area contributed by atoms with Crippen LogP contribution in [0.25, 0.3) is 0 Å². The highest BCUT2D eigenvalue weighted by Crippen LogP contribution is 2.28. The zero-order valence-electron chi connectivity index (χ0n) is 17.9. The number of nitrogens with zero attached hydrogens (tertiary/aromatic N) is 3. The van der Waals surface area contributed by atoms with E-state index in [0.717, 1.165) is 16.8 Å². The standard InChI is InChI=1S/C24H24N4O4/c1-30-22-7-6-19(13-23(22)31-2)21-15-32-16-28(27-21)14-17-4-3-5-20(12-17)26-24(29)18-8-10-25-11-9-18/h3-13H,14-16H2,1-2H3,(H,26,29). The number of ether oxygens (including phenoxy) is 3. The molecule has 0 spiro atoms. The summed E-state index contributed by atoms with van der Waals surface area (Å²) in [6.07, 6.45) is 3.19. The van der Waals surface area contributed by atoms with Crippen molar-refractivity contribution in [3.63, 3.8) is 0 Å². The Morgan fingerprint density at radius 1 is 1.06 bits per heavy atom. The van der Waals surface area contributed by atoms with Crippen molar-refractivity contribution in [3.8, 4) is 11.5 Å². The molecule has 1 aromatic heterocycles. The molecule has 0 bridgehead atoms. The van der Waals surface area contributed by atoms with E-state index in [4.69, 9.17) is 19.3 Å². The van der Waals surface area contributed by atoms with Crippen LogP contribution in [-0.2, 0) is 11.3 Å². The molecule has 8 nitrogen and oxygen atoms in total. The van der Waals surface area contributed by atoms with Gasteiger partial charge in [0.2, 0.25) is 0 Å². The first kappa shape index (κ1) is 21.3. The Hall–Kier alpha value is -3.91. The third-order valence-corrected chi connectivity index (χ3v) is 4.95. The maximum Gasteiger partial charge on any atom is 0.255 e. The summed E-state index contributed by atoms with van der Waals surface area (Å²) >= 11 is 0. The van der Waals surface area contributed by atoms with Gasteiger partial charge in [-0.05, 0) is 48.0 Å². The van der Waals surface area contributed by atoms with Gasteiger partial charge in [-0.3, -0.25) is 14.8 Å². The fourth-order valence-corrected chi connectivity index (χ4v) is 3.38. The first-order chi connectivity index (χ1) is 15.7. The van der Waals surface area contributed by atoms with Crippen LogP contribution in [0.3, 0.4) is 0 Å². The number of rotatable bonds is 7. The van der Waals surface area contributed by atoms with Crippen molar-refractivity contribution in [3.05, 3.63) is 83.7 Å². The number of pyridine rings is 1. The summed E-state index contributed by atoms with van der Waals surface area (Å²) in [7, 11) is 3.21. The van der Waals surface area contributed by atoms with Gasteiger partial charge in [0, 0.05) is 29.2 Å². The number of carbonyl (C=O) groups excluding carboxylic acids is 1. The van der Waals surface area contributed by atoms with Crippen LogP contribution in [0, 0.1) is 0 Å². The maximum atomic E-state index is 12.4. The van der Waals surface area contributed by atoms with Crippen LogP contribution in [0.1, 0.15) is 21.5 Å². The number of amides is 1. The fourth-order valence-electron chi connectivity index (χ4n) is 3.38. The first-order valence-corrected chi connectivity index (χ1v) is 10.1. The normalized spacial score (nSPS) is 13.3. The number of carbonyl (C=O) groups is 1. The highest BCUT2D eigenvalue weighted by molar-refractivity contribution is 6.04.